The Morgan fingerprint density at radius 1 is 1.53 bits per heavy atom. The molecule has 1 aromatic heterocycles. The fourth-order valence-electron chi connectivity index (χ4n) is 2.45. The highest BCUT2D eigenvalue weighted by molar-refractivity contribution is 5.98. The molecule has 0 radical (unpaired) electrons. The molecule has 1 fully saturated rings. The predicted octanol–water partition coefficient (Wildman–Crippen LogP) is 0.969. The van der Waals surface area contributed by atoms with Crippen molar-refractivity contribution in [3.8, 4) is 0 Å². The van der Waals surface area contributed by atoms with E-state index in [1.807, 2.05) is 14.0 Å². The number of carbonyl (C=O) groups excluding carboxylic acids is 1. The van der Waals surface area contributed by atoms with E-state index in [0.717, 1.165) is 31.8 Å². The van der Waals surface area contributed by atoms with Crippen LogP contribution >= 0.6 is 0 Å². The van der Waals surface area contributed by atoms with Crippen LogP contribution in [0.25, 0.3) is 0 Å². The Kier molecular flexibility index (Phi) is 3.99. The lowest BCUT2D eigenvalue weighted by Crippen LogP contribution is -2.42. The van der Waals surface area contributed by atoms with Crippen molar-refractivity contribution in [1.29, 1.82) is 0 Å². The summed E-state index contributed by atoms with van der Waals surface area (Å²) in [4.78, 5) is 20.1. The second kappa shape index (κ2) is 5.52. The van der Waals surface area contributed by atoms with Crippen LogP contribution in [-0.4, -0.2) is 53.4 Å². The quantitative estimate of drug-likeness (QED) is 0.822. The molecule has 0 bridgehead atoms. The molecule has 0 aromatic carbocycles. The van der Waals surface area contributed by atoms with Crippen LogP contribution in [0.4, 0.5) is 10.2 Å². The Hall–Kier alpha value is -1.69. The van der Waals surface area contributed by atoms with Crippen molar-refractivity contribution in [1.82, 2.24) is 14.8 Å². The molecule has 1 aliphatic heterocycles. The highest BCUT2D eigenvalue weighted by Crippen LogP contribution is 2.17. The number of nitrogen functional groups attached to an aromatic ring is 1. The molecule has 2 rings (SSSR count). The van der Waals surface area contributed by atoms with E-state index in [1.54, 1.807) is 4.90 Å². The minimum Gasteiger partial charge on any atom is -0.383 e. The van der Waals surface area contributed by atoms with Crippen LogP contribution in [0.1, 0.15) is 23.7 Å². The van der Waals surface area contributed by atoms with Crippen molar-refractivity contribution in [3.63, 3.8) is 0 Å². The molecule has 1 amide bonds. The Morgan fingerprint density at radius 2 is 2.26 bits per heavy atom. The van der Waals surface area contributed by atoms with Gasteiger partial charge < -0.3 is 15.5 Å². The fraction of sp³-hybridized carbons (Fsp3) is 0.538. The number of nitrogens with zero attached hydrogens (tertiary/aromatic N) is 3. The van der Waals surface area contributed by atoms with E-state index in [9.17, 15) is 9.18 Å². The first-order chi connectivity index (χ1) is 8.99. The number of hydrogen-bond donors (Lipinski definition) is 1. The zero-order chi connectivity index (χ0) is 14.0. The molecule has 104 valence electrons. The molecule has 5 nitrogen and oxygen atoms in total. The summed E-state index contributed by atoms with van der Waals surface area (Å²) in [5.41, 5.74) is 5.82. The van der Waals surface area contributed by atoms with Crippen molar-refractivity contribution in [2.75, 3.05) is 32.4 Å². The highest BCUT2D eigenvalue weighted by Gasteiger charge is 2.26. The number of carbonyl (C=O) groups is 1. The van der Waals surface area contributed by atoms with Gasteiger partial charge in [-0.3, -0.25) is 4.79 Å². The molecule has 1 unspecified atom stereocenters. The van der Waals surface area contributed by atoms with Gasteiger partial charge in [0.05, 0.1) is 11.8 Å². The van der Waals surface area contributed by atoms with Gasteiger partial charge in [-0.15, -0.1) is 0 Å². The predicted molar refractivity (Wildman–Crippen MR) is 71.2 cm³/mol. The molecule has 0 saturated carbocycles. The Morgan fingerprint density at radius 3 is 3.00 bits per heavy atom. The van der Waals surface area contributed by atoms with Gasteiger partial charge in [-0.05, 0) is 33.0 Å². The monoisotopic (exact) mass is 266 g/mol. The summed E-state index contributed by atoms with van der Waals surface area (Å²) in [5, 5.41) is 0. The van der Waals surface area contributed by atoms with E-state index in [4.69, 9.17) is 5.73 Å². The van der Waals surface area contributed by atoms with Crippen LogP contribution < -0.4 is 5.73 Å². The number of anilines is 1. The topological polar surface area (TPSA) is 62.5 Å². The van der Waals surface area contributed by atoms with Crippen molar-refractivity contribution in [2.24, 2.45) is 0 Å². The molecule has 6 heteroatoms. The van der Waals surface area contributed by atoms with E-state index in [-0.39, 0.29) is 23.3 Å². The number of halogens is 1. The maximum absolute atomic E-state index is 13.2. The summed E-state index contributed by atoms with van der Waals surface area (Å²) in [6.07, 6.45) is 1.92. The number of amides is 1. The minimum absolute atomic E-state index is 0.0719. The van der Waals surface area contributed by atoms with E-state index < -0.39 is 5.82 Å². The van der Waals surface area contributed by atoms with Crippen LogP contribution in [0.5, 0.6) is 0 Å². The van der Waals surface area contributed by atoms with Gasteiger partial charge in [-0.25, -0.2) is 9.37 Å². The lowest BCUT2D eigenvalue weighted by Gasteiger charge is -2.28. The van der Waals surface area contributed by atoms with E-state index in [1.165, 1.54) is 0 Å². The summed E-state index contributed by atoms with van der Waals surface area (Å²) in [6, 6.07) is 1.23. The van der Waals surface area contributed by atoms with Crippen LogP contribution in [0, 0.1) is 5.82 Å². The van der Waals surface area contributed by atoms with Crippen LogP contribution in [-0.2, 0) is 0 Å². The maximum Gasteiger partial charge on any atom is 0.257 e. The SMILES string of the molecule is CC1CN(C)CCCN1C(=O)c1cc(F)cnc1N. The van der Waals surface area contributed by atoms with Crippen LogP contribution in [0.15, 0.2) is 12.3 Å². The van der Waals surface area contributed by atoms with Crippen LogP contribution in [0.2, 0.25) is 0 Å². The average Bonchev–Trinajstić information content (AvgIpc) is 2.52. The Bertz CT molecular complexity index is 480. The summed E-state index contributed by atoms with van der Waals surface area (Å²) < 4.78 is 13.2. The third-order valence-electron chi connectivity index (χ3n) is 3.42. The molecule has 1 aliphatic rings. The molecule has 2 heterocycles. The Labute approximate surface area is 112 Å². The fourth-order valence-corrected chi connectivity index (χ4v) is 2.45. The molecule has 1 aromatic rings. The lowest BCUT2D eigenvalue weighted by atomic mass is 10.2. The van der Waals surface area contributed by atoms with Gasteiger partial charge in [0.15, 0.2) is 0 Å². The normalized spacial score (nSPS) is 21.2. The van der Waals surface area contributed by atoms with Gasteiger partial charge in [0, 0.05) is 19.1 Å². The smallest absolute Gasteiger partial charge is 0.257 e. The summed E-state index contributed by atoms with van der Waals surface area (Å²) in [5.74, 6) is -0.708. The number of rotatable bonds is 1. The van der Waals surface area contributed by atoms with E-state index in [0.29, 0.717) is 6.54 Å². The lowest BCUT2D eigenvalue weighted by molar-refractivity contribution is 0.0696. The third-order valence-corrected chi connectivity index (χ3v) is 3.42. The van der Waals surface area contributed by atoms with Gasteiger partial charge in [0.1, 0.15) is 11.6 Å². The second-order valence-corrected chi connectivity index (χ2v) is 5.05. The third kappa shape index (κ3) is 3.01. The van der Waals surface area contributed by atoms with E-state index in [2.05, 4.69) is 9.88 Å². The number of hydrogen-bond acceptors (Lipinski definition) is 4. The van der Waals surface area contributed by atoms with E-state index >= 15 is 0 Å². The first kappa shape index (κ1) is 13.7. The zero-order valence-electron chi connectivity index (χ0n) is 11.3. The van der Waals surface area contributed by atoms with Gasteiger partial charge >= 0.3 is 0 Å². The van der Waals surface area contributed by atoms with Crippen molar-refractivity contribution in [2.45, 2.75) is 19.4 Å². The van der Waals surface area contributed by atoms with Gasteiger partial charge in [0.2, 0.25) is 0 Å². The molecule has 1 saturated heterocycles. The van der Waals surface area contributed by atoms with Gasteiger partial charge in [0.25, 0.3) is 5.91 Å². The summed E-state index contributed by atoms with van der Waals surface area (Å²) >= 11 is 0. The van der Waals surface area contributed by atoms with Crippen molar-refractivity contribution < 1.29 is 9.18 Å². The van der Waals surface area contributed by atoms with Crippen LogP contribution in [0.3, 0.4) is 0 Å². The van der Waals surface area contributed by atoms with Gasteiger partial charge in [-0.2, -0.15) is 0 Å². The standard InChI is InChI=1S/C13H19FN4O/c1-9-8-17(2)4-3-5-18(9)13(19)11-6-10(14)7-16-12(11)15/h6-7,9H,3-5,8H2,1-2H3,(H2,15,16). The maximum atomic E-state index is 13.2. The summed E-state index contributed by atoms with van der Waals surface area (Å²) in [7, 11) is 2.03. The molecule has 0 aliphatic carbocycles. The number of pyridine rings is 1. The second-order valence-electron chi connectivity index (χ2n) is 5.05. The Balaban J connectivity index is 2.25. The number of nitrogens with two attached hydrogens (primary N) is 1. The summed E-state index contributed by atoms with van der Waals surface area (Å²) in [6.45, 7) is 4.39. The zero-order valence-corrected chi connectivity index (χ0v) is 11.3. The number of likely N-dealkylation sites (N-methyl/N-ethyl adjacent to an activating group) is 1. The minimum atomic E-state index is -0.544. The molecule has 0 spiro atoms. The average molecular weight is 266 g/mol. The molecular weight excluding hydrogens is 247 g/mol. The first-order valence-electron chi connectivity index (χ1n) is 6.39. The van der Waals surface area contributed by atoms with Crippen molar-refractivity contribution in [3.05, 3.63) is 23.6 Å². The van der Waals surface area contributed by atoms with Gasteiger partial charge in [-0.1, -0.05) is 0 Å². The largest absolute Gasteiger partial charge is 0.383 e. The molecule has 2 N–H and O–H groups in total. The first-order valence-corrected chi connectivity index (χ1v) is 6.39. The molecule has 19 heavy (non-hydrogen) atoms. The van der Waals surface area contributed by atoms with Crippen molar-refractivity contribution >= 4 is 11.7 Å². The highest BCUT2D eigenvalue weighted by atomic mass is 19.1. The molecular formula is C13H19FN4O. The molecule has 1 atom stereocenters. The number of aromatic nitrogens is 1.